The van der Waals surface area contributed by atoms with Crippen LogP contribution in [0.3, 0.4) is 0 Å². The van der Waals surface area contributed by atoms with Gasteiger partial charge in [0.05, 0.1) is 16.5 Å². The molecule has 0 aliphatic heterocycles. The first-order valence-electron chi connectivity index (χ1n) is 8.62. The number of benzene rings is 2. The van der Waals surface area contributed by atoms with Crippen molar-refractivity contribution < 1.29 is 18.0 Å². The van der Waals surface area contributed by atoms with Crippen molar-refractivity contribution in [1.29, 1.82) is 0 Å². The smallest absolute Gasteiger partial charge is 0.341 e. The van der Waals surface area contributed by atoms with Crippen molar-refractivity contribution in [2.75, 3.05) is 7.05 Å². The van der Waals surface area contributed by atoms with Crippen molar-refractivity contribution in [3.63, 3.8) is 0 Å². The minimum absolute atomic E-state index is 0.123. The van der Waals surface area contributed by atoms with Gasteiger partial charge in [-0.1, -0.05) is 24.3 Å². The van der Waals surface area contributed by atoms with Crippen LogP contribution in [0.5, 0.6) is 0 Å². The van der Waals surface area contributed by atoms with E-state index in [4.69, 9.17) is 0 Å². The summed E-state index contributed by atoms with van der Waals surface area (Å²) in [6, 6.07) is 11.6. The lowest BCUT2D eigenvalue weighted by molar-refractivity contribution is -0.137. The maximum absolute atomic E-state index is 12.6. The molecule has 0 aliphatic carbocycles. The quantitative estimate of drug-likeness (QED) is 0.726. The molecular weight excluding hydrogens is 371 g/mol. The first kappa shape index (κ1) is 19.6. The van der Waals surface area contributed by atoms with Crippen molar-refractivity contribution in [1.82, 2.24) is 14.9 Å². The minimum Gasteiger partial charge on any atom is -0.341 e. The topological polar surface area (TPSA) is 66.1 Å². The Kier molecular flexibility index (Phi) is 5.48. The van der Waals surface area contributed by atoms with E-state index >= 15 is 0 Å². The van der Waals surface area contributed by atoms with E-state index in [0.29, 0.717) is 22.3 Å². The third-order valence-electron chi connectivity index (χ3n) is 4.36. The van der Waals surface area contributed by atoms with E-state index in [1.807, 2.05) is 0 Å². The third-order valence-corrected chi connectivity index (χ3v) is 4.36. The van der Waals surface area contributed by atoms with Gasteiger partial charge in [-0.05, 0) is 29.8 Å². The average Bonchev–Trinajstić information content (AvgIpc) is 2.66. The summed E-state index contributed by atoms with van der Waals surface area (Å²) < 4.78 is 37.8. The number of amides is 1. The number of aromatic nitrogens is 2. The molecule has 28 heavy (non-hydrogen) atoms. The Morgan fingerprint density at radius 3 is 2.46 bits per heavy atom. The molecule has 1 aromatic heterocycles. The number of hydrogen-bond donors (Lipinski definition) is 1. The number of alkyl halides is 3. The number of halogens is 3. The molecule has 0 unspecified atom stereocenters. The molecule has 3 rings (SSSR count). The average molecular weight is 389 g/mol. The van der Waals surface area contributed by atoms with E-state index in [2.05, 4.69) is 9.97 Å². The van der Waals surface area contributed by atoms with Gasteiger partial charge in [0.1, 0.15) is 5.82 Å². The van der Waals surface area contributed by atoms with Gasteiger partial charge in [0.25, 0.3) is 5.56 Å². The number of nitrogens with zero attached hydrogens (tertiary/aromatic N) is 2. The second-order valence-corrected chi connectivity index (χ2v) is 6.47. The molecule has 0 aliphatic rings. The molecule has 0 spiro atoms. The van der Waals surface area contributed by atoms with Crippen LogP contribution < -0.4 is 5.56 Å². The Bertz CT molecular complexity index is 1040. The van der Waals surface area contributed by atoms with E-state index in [9.17, 15) is 22.8 Å². The van der Waals surface area contributed by atoms with Crippen molar-refractivity contribution in [2.24, 2.45) is 0 Å². The molecule has 1 heterocycles. The van der Waals surface area contributed by atoms with Crippen LogP contribution in [0, 0.1) is 0 Å². The number of rotatable bonds is 5. The first-order chi connectivity index (χ1) is 13.2. The summed E-state index contributed by atoms with van der Waals surface area (Å²) >= 11 is 0. The highest BCUT2D eigenvalue weighted by atomic mass is 19.4. The zero-order chi connectivity index (χ0) is 20.3. The van der Waals surface area contributed by atoms with Gasteiger partial charge in [-0.3, -0.25) is 9.59 Å². The lowest BCUT2D eigenvalue weighted by Gasteiger charge is -2.17. The Balaban J connectivity index is 1.61. The number of carbonyl (C=O) groups is 1. The molecule has 0 bridgehead atoms. The van der Waals surface area contributed by atoms with Gasteiger partial charge in [0.2, 0.25) is 5.91 Å². The van der Waals surface area contributed by atoms with Crippen LogP contribution in [-0.2, 0) is 23.9 Å². The number of aryl methyl sites for hydroxylation is 1. The maximum Gasteiger partial charge on any atom is 0.416 e. The fourth-order valence-electron chi connectivity index (χ4n) is 2.83. The lowest BCUT2D eigenvalue weighted by atomic mass is 10.1. The van der Waals surface area contributed by atoms with E-state index < -0.39 is 11.7 Å². The number of hydrogen-bond acceptors (Lipinski definition) is 3. The Labute approximate surface area is 158 Å². The van der Waals surface area contributed by atoms with Crippen molar-refractivity contribution in [3.8, 4) is 0 Å². The van der Waals surface area contributed by atoms with Crippen LogP contribution >= 0.6 is 0 Å². The highest BCUT2D eigenvalue weighted by molar-refractivity contribution is 5.78. The molecule has 0 saturated carbocycles. The van der Waals surface area contributed by atoms with Gasteiger partial charge in [0, 0.05) is 26.4 Å². The van der Waals surface area contributed by atoms with Gasteiger partial charge >= 0.3 is 6.18 Å². The van der Waals surface area contributed by atoms with Crippen LogP contribution in [0.1, 0.15) is 23.4 Å². The Morgan fingerprint density at radius 1 is 1.11 bits per heavy atom. The molecule has 0 atom stereocenters. The highest BCUT2D eigenvalue weighted by Gasteiger charge is 2.29. The first-order valence-corrected chi connectivity index (χ1v) is 8.62. The van der Waals surface area contributed by atoms with Gasteiger partial charge in [-0.25, -0.2) is 4.98 Å². The normalized spacial score (nSPS) is 11.6. The second kappa shape index (κ2) is 7.84. The number of aromatic amines is 1. The standard InChI is InChI=1S/C20H18F3N3O2/c1-26(12-13-6-8-14(9-7-13)20(21,22)23)18(27)11-10-17-24-16-5-3-2-4-15(16)19(28)25-17/h2-9H,10-12H2,1H3,(H,24,25,28). The van der Waals surface area contributed by atoms with Crippen molar-refractivity contribution >= 4 is 16.8 Å². The molecular formula is C20H18F3N3O2. The monoisotopic (exact) mass is 389 g/mol. The number of fused-ring (bicyclic) bond motifs is 1. The fraction of sp³-hybridized carbons (Fsp3) is 0.250. The molecule has 0 radical (unpaired) electrons. The summed E-state index contributed by atoms with van der Waals surface area (Å²) in [5.74, 6) is 0.218. The summed E-state index contributed by atoms with van der Waals surface area (Å²) in [6.45, 7) is 0.193. The summed E-state index contributed by atoms with van der Waals surface area (Å²) in [4.78, 5) is 32.8. The summed E-state index contributed by atoms with van der Waals surface area (Å²) in [6.07, 6.45) is -4.00. The number of carbonyl (C=O) groups excluding carboxylic acids is 1. The molecule has 5 nitrogen and oxygen atoms in total. The van der Waals surface area contributed by atoms with E-state index in [1.54, 1.807) is 31.3 Å². The summed E-state index contributed by atoms with van der Waals surface area (Å²) in [5.41, 5.74) is 0.176. The van der Waals surface area contributed by atoms with Crippen LogP contribution in [-0.4, -0.2) is 27.8 Å². The van der Waals surface area contributed by atoms with Crippen molar-refractivity contribution in [3.05, 3.63) is 75.8 Å². The Morgan fingerprint density at radius 2 is 1.79 bits per heavy atom. The molecule has 1 amide bonds. The van der Waals surface area contributed by atoms with Gasteiger partial charge in [-0.2, -0.15) is 13.2 Å². The molecule has 1 N–H and O–H groups in total. The van der Waals surface area contributed by atoms with E-state index in [1.165, 1.54) is 17.0 Å². The van der Waals surface area contributed by atoms with Crippen LogP contribution in [0.25, 0.3) is 10.9 Å². The summed E-state index contributed by atoms with van der Waals surface area (Å²) in [5, 5.41) is 0.483. The predicted molar refractivity (Wildman–Crippen MR) is 98.6 cm³/mol. The molecule has 3 aromatic rings. The number of para-hydroxylation sites is 1. The van der Waals surface area contributed by atoms with Crippen LogP contribution in [0.4, 0.5) is 13.2 Å². The van der Waals surface area contributed by atoms with Gasteiger partial charge < -0.3 is 9.88 Å². The minimum atomic E-state index is -4.38. The predicted octanol–water partition coefficient (Wildman–Crippen LogP) is 3.53. The zero-order valence-electron chi connectivity index (χ0n) is 15.1. The van der Waals surface area contributed by atoms with Gasteiger partial charge in [0.15, 0.2) is 0 Å². The van der Waals surface area contributed by atoms with E-state index in [0.717, 1.165) is 12.1 Å². The molecule has 2 aromatic carbocycles. The second-order valence-electron chi connectivity index (χ2n) is 6.47. The number of nitrogens with one attached hydrogen (secondary N) is 1. The third kappa shape index (κ3) is 4.57. The molecule has 0 fully saturated rings. The van der Waals surface area contributed by atoms with Crippen LogP contribution in [0.15, 0.2) is 53.3 Å². The van der Waals surface area contributed by atoms with E-state index in [-0.39, 0.29) is 30.9 Å². The molecule has 8 heteroatoms. The van der Waals surface area contributed by atoms with Crippen molar-refractivity contribution in [2.45, 2.75) is 25.6 Å². The lowest BCUT2D eigenvalue weighted by Crippen LogP contribution is -2.27. The summed E-state index contributed by atoms with van der Waals surface area (Å²) in [7, 11) is 1.58. The molecule has 146 valence electrons. The van der Waals surface area contributed by atoms with Crippen LogP contribution in [0.2, 0.25) is 0 Å². The zero-order valence-corrected chi connectivity index (χ0v) is 15.1. The Hall–Kier alpha value is -3.16. The largest absolute Gasteiger partial charge is 0.416 e. The number of H-pyrrole nitrogens is 1. The SMILES string of the molecule is CN(Cc1ccc(C(F)(F)F)cc1)C(=O)CCc1nc2ccccc2c(=O)[nH]1. The fourth-order valence-corrected chi connectivity index (χ4v) is 2.83. The molecule has 0 saturated heterocycles. The van der Waals surface area contributed by atoms with Gasteiger partial charge in [-0.15, -0.1) is 0 Å². The highest BCUT2D eigenvalue weighted by Crippen LogP contribution is 2.29. The maximum atomic E-state index is 12.6.